The molecule has 0 saturated heterocycles. The lowest BCUT2D eigenvalue weighted by Gasteiger charge is -2.40. The van der Waals surface area contributed by atoms with Gasteiger partial charge in [-0.25, -0.2) is 9.48 Å². The minimum atomic E-state index is -10.1. The van der Waals surface area contributed by atoms with E-state index in [0.717, 1.165) is 19.2 Å². The summed E-state index contributed by atoms with van der Waals surface area (Å²) >= 11 is 5.70. The highest BCUT2D eigenvalue weighted by Crippen LogP contribution is 3.02. The van der Waals surface area contributed by atoms with E-state index < -0.39 is 55.9 Å². The van der Waals surface area contributed by atoms with Crippen molar-refractivity contribution in [2.45, 2.75) is 11.4 Å². The molecule has 16 heteroatoms. The van der Waals surface area contributed by atoms with Crippen molar-refractivity contribution in [3.05, 3.63) is 46.2 Å². The number of Topliss-reactive ketones (excluding diaryl/α,β-unsaturated/α-hetero) is 1. The van der Waals surface area contributed by atoms with Gasteiger partial charge in [0.15, 0.2) is 16.6 Å². The molecule has 0 amide bonds. The molecule has 2 heterocycles. The average molecular weight is 488 g/mol. The molecule has 0 radical (unpaired) electrons. The van der Waals surface area contributed by atoms with Gasteiger partial charge in [-0.3, -0.25) is 10.2 Å². The zero-order chi connectivity index (χ0) is 23.4. The lowest BCUT2D eigenvalue weighted by molar-refractivity contribution is 0.0697. The second-order valence-electron chi connectivity index (χ2n) is 6.19. The molecule has 0 aliphatic heterocycles. The van der Waals surface area contributed by atoms with E-state index in [9.17, 15) is 34.1 Å². The van der Waals surface area contributed by atoms with Gasteiger partial charge in [0.2, 0.25) is 5.62 Å². The van der Waals surface area contributed by atoms with Gasteiger partial charge in [0.05, 0.1) is 7.11 Å². The SMILES string of the molecule is COc1cc(C(=O)Cn2nc3c(C(=O)O)cc(Cl)nn3c2=N)cc(S(F)(F)(F)(F)F)c1. The number of aromatic carboxylic acids is 1. The molecule has 0 aliphatic carbocycles. The highest BCUT2D eigenvalue weighted by Gasteiger charge is 2.65. The number of carbonyl (C=O) groups excluding carboxylic acids is 1. The number of fused-ring (bicyclic) bond motifs is 1. The zero-order valence-corrected chi connectivity index (χ0v) is 16.7. The highest BCUT2D eigenvalue weighted by atomic mass is 35.5. The first kappa shape index (κ1) is 22.5. The molecule has 168 valence electrons. The number of carboxylic acid groups (broad SMARTS) is 1. The summed E-state index contributed by atoms with van der Waals surface area (Å²) in [5.74, 6) is -3.24. The Morgan fingerprint density at radius 1 is 1.16 bits per heavy atom. The van der Waals surface area contributed by atoms with Crippen LogP contribution in [-0.4, -0.2) is 43.4 Å². The molecule has 3 rings (SSSR count). The maximum Gasteiger partial charge on any atom is 0.339 e. The second-order valence-corrected chi connectivity index (χ2v) is 8.99. The first-order valence-corrected chi connectivity index (χ1v) is 10.2. The van der Waals surface area contributed by atoms with Crippen LogP contribution in [0.4, 0.5) is 19.4 Å². The van der Waals surface area contributed by atoms with E-state index in [1.165, 1.54) is 0 Å². The van der Waals surface area contributed by atoms with Crippen molar-refractivity contribution in [3.8, 4) is 5.75 Å². The van der Waals surface area contributed by atoms with Gasteiger partial charge >= 0.3 is 16.2 Å². The summed E-state index contributed by atoms with van der Waals surface area (Å²) in [7, 11) is -9.19. The second kappa shape index (κ2) is 6.40. The lowest BCUT2D eigenvalue weighted by Crippen LogP contribution is -2.26. The van der Waals surface area contributed by atoms with E-state index in [4.69, 9.17) is 17.0 Å². The molecule has 0 unspecified atom stereocenters. The Hall–Kier alpha value is -3.20. The van der Waals surface area contributed by atoms with E-state index >= 15 is 0 Å². The summed E-state index contributed by atoms with van der Waals surface area (Å²) in [6.45, 7) is -0.883. The van der Waals surface area contributed by atoms with E-state index in [2.05, 4.69) is 14.9 Å². The molecule has 0 bridgehead atoms. The Bertz CT molecular complexity index is 1320. The molecule has 0 atom stereocenters. The van der Waals surface area contributed by atoms with Crippen molar-refractivity contribution in [2.75, 3.05) is 7.11 Å². The summed E-state index contributed by atoms with van der Waals surface area (Å²) in [4.78, 5) is 21.5. The van der Waals surface area contributed by atoms with E-state index in [0.29, 0.717) is 9.20 Å². The fourth-order valence-corrected chi connectivity index (χ4v) is 3.43. The van der Waals surface area contributed by atoms with E-state index in [1.807, 2.05) is 0 Å². The maximum absolute atomic E-state index is 13.2. The summed E-state index contributed by atoms with van der Waals surface area (Å²) in [5.41, 5.74) is -2.24. The van der Waals surface area contributed by atoms with Crippen LogP contribution in [0.15, 0.2) is 29.2 Å². The Morgan fingerprint density at radius 3 is 2.35 bits per heavy atom. The molecule has 0 aliphatic rings. The van der Waals surface area contributed by atoms with Crippen LogP contribution in [0.1, 0.15) is 20.7 Å². The number of benzene rings is 1. The van der Waals surface area contributed by atoms with Crippen molar-refractivity contribution in [1.29, 1.82) is 5.41 Å². The largest absolute Gasteiger partial charge is 0.497 e. The molecule has 2 aromatic heterocycles. The van der Waals surface area contributed by atoms with Gasteiger partial charge in [0.1, 0.15) is 22.8 Å². The summed E-state index contributed by atoms with van der Waals surface area (Å²) in [5, 5.41) is 24.3. The van der Waals surface area contributed by atoms with Crippen molar-refractivity contribution in [3.63, 3.8) is 0 Å². The smallest absolute Gasteiger partial charge is 0.339 e. The predicted octanol–water partition coefficient (Wildman–Crippen LogP) is 3.91. The fourth-order valence-electron chi connectivity index (χ4n) is 2.55. The minimum Gasteiger partial charge on any atom is -0.497 e. The third kappa shape index (κ3) is 4.46. The Morgan fingerprint density at radius 2 is 1.81 bits per heavy atom. The number of nitrogens with zero attached hydrogens (tertiary/aromatic N) is 4. The van der Waals surface area contributed by atoms with Gasteiger partial charge in [-0.1, -0.05) is 31.0 Å². The summed E-state index contributed by atoms with van der Waals surface area (Å²) in [6.07, 6.45) is 0. The molecule has 3 aromatic rings. The van der Waals surface area contributed by atoms with Gasteiger partial charge in [0, 0.05) is 11.6 Å². The maximum atomic E-state index is 13.2. The monoisotopic (exact) mass is 487 g/mol. The fraction of sp³-hybridized carbons (Fsp3) is 0.133. The third-order valence-electron chi connectivity index (χ3n) is 3.97. The van der Waals surface area contributed by atoms with Crippen LogP contribution in [0.5, 0.6) is 5.75 Å². The Labute approximate surface area is 173 Å². The number of halogens is 6. The van der Waals surface area contributed by atoms with Gasteiger partial charge in [-0.15, -0.1) is 5.10 Å². The van der Waals surface area contributed by atoms with Crippen LogP contribution in [0.2, 0.25) is 5.15 Å². The number of ether oxygens (including phenoxy) is 1. The first-order valence-electron chi connectivity index (χ1n) is 7.91. The number of carboxylic acids is 1. The number of nitrogens with one attached hydrogen (secondary N) is 1. The average Bonchev–Trinajstić information content (AvgIpc) is 2.94. The van der Waals surface area contributed by atoms with Crippen molar-refractivity contribution in [1.82, 2.24) is 19.4 Å². The summed E-state index contributed by atoms with van der Waals surface area (Å²) < 4.78 is 71.9. The zero-order valence-electron chi connectivity index (χ0n) is 15.2. The molecule has 0 fully saturated rings. The van der Waals surface area contributed by atoms with Crippen LogP contribution < -0.4 is 10.4 Å². The molecular formula is C15H11ClF5N5O4S. The molecule has 0 saturated carbocycles. The molecule has 9 nitrogen and oxygen atoms in total. The van der Waals surface area contributed by atoms with Crippen molar-refractivity contribution in [2.24, 2.45) is 0 Å². The van der Waals surface area contributed by atoms with E-state index in [-0.39, 0.29) is 22.9 Å². The van der Waals surface area contributed by atoms with Crippen LogP contribution in [-0.2, 0) is 6.54 Å². The molecular weight excluding hydrogens is 477 g/mol. The lowest BCUT2D eigenvalue weighted by atomic mass is 10.1. The molecule has 1 aromatic carbocycles. The van der Waals surface area contributed by atoms with Gasteiger partial charge in [-0.05, 0) is 18.2 Å². The summed E-state index contributed by atoms with van der Waals surface area (Å²) in [6, 6.07) is 1.80. The third-order valence-corrected chi connectivity index (χ3v) is 5.28. The molecule has 2 N–H and O–H groups in total. The van der Waals surface area contributed by atoms with E-state index in [1.54, 1.807) is 0 Å². The van der Waals surface area contributed by atoms with Crippen molar-refractivity contribution < 1.29 is 38.9 Å². The van der Waals surface area contributed by atoms with Gasteiger partial charge < -0.3 is 9.84 Å². The highest BCUT2D eigenvalue weighted by molar-refractivity contribution is 8.45. The first-order chi connectivity index (χ1) is 14.0. The van der Waals surface area contributed by atoms with Crippen LogP contribution in [0.3, 0.4) is 0 Å². The molecule has 31 heavy (non-hydrogen) atoms. The number of hydrogen-bond donors (Lipinski definition) is 2. The number of ketones is 1. The topological polar surface area (TPSA) is 123 Å². The quantitative estimate of drug-likeness (QED) is 0.401. The Balaban J connectivity index is 2.10. The van der Waals surface area contributed by atoms with Gasteiger partial charge in [-0.2, -0.15) is 9.61 Å². The predicted molar refractivity (Wildman–Crippen MR) is 97.5 cm³/mol. The van der Waals surface area contributed by atoms with Crippen LogP contribution >= 0.6 is 21.8 Å². The van der Waals surface area contributed by atoms with Crippen molar-refractivity contribution >= 4 is 39.2 Å². The minimum absolute atomic E-state index is 0.0236. The number of hydrogen-bond acceptors (Lipinski definition) is 6. The number of aromatic nitrogens is 4. The van der Waals surface area contributed by atoms with Crippen LogP contribution in [0.25, 0.3) is 5.65 Å². The number of carbonyl (C=O) groups is 2. The van der Waals surface area contributed by atoms with Gasteiger partial charge in [0.25, 0.3) is 0 Å². The normalized spacial score (nSPS) is 14.2. The standard InChI is InChI=1S/C15H11ClF5N5O4S/c1-30-8-2-7(3-9(4-8)31(17,18,19,20)21)11(27)6-25-15(22)26-13(24-25)10(14(28)29)5-12(16)23-26/h2-5,22H,6H2,1H3,(H,28,29). The number of methoxy groups -OCH3 is 1. The molecule has 0 spiro atoms. The van der Waals surface area contributed by atoms with Crippen LogP contribution in [0, 0.1) is 5.41 Å². The number of rotatable bonds is 6. The Kier molecular flexibility index (Phi) is 4.64.